The number of carbonyl (C=O) groups is 1. The Morgan fingerprint density at radius 2 is 2.10 bits per heavy atom. The van der Waals surface area contributed by atoms with Crippen LogP contribution in [0.15, 0.2) is 0 Å². The summed E-state index contributed by atoms with van der Waals surface area (Å²) in [6, 6.07) is 0. The highest BCUT2D eigenvalue weighted by molar-refractivity contribution is 5.77. The van der Waals surface area contributed by atoms with Gasteiger partial charge in [0.25, 0.3) is 0 Å². The fraction of sp³-hybridized carbons (Fsp3) is 0.933. The molecule has 3 aliphatic rings. The van der Waals surface area contributed by atoms with Gasteiger partial charge in [0.05, 0.1) is 11.7 Å². The van der Waals surface area contributed by atoms with E-state index in [4.69, 9.17) is 9.47 Å². The van der Waals surface area contributed by atoms with Crippen LogP contribution in [0.3, 0.4) is 0 Å². The van der Waals surface area contributed by atoms with Crippen molar-refractivity contribution < 1.29 is 14.3 Å². The first kappa shape index (κ1) is 15.2. The maximum atomic E-state index is 12.2. The lowest BCUT2D eigenvalue weighted by Gasteiger charge is -2.40. The standard InChI is InChI=1S/C15H27N3O3/c1-15(11-16-12-15)21-10-14(19)18-6-4-17(5-7-18)9-13-3-2-8-20-13/h13,16H,2-12H2,1H3. The predicted octanol–water partition coefficient (Wildman–Crippen LogP) is -0.312. The first-order chi connectivity index (χ1) is 10.1. The van der Waals surface area contributed by atoms with Gasteiger partial charge in [-0.2, -0.15) is 0 Å². The average Bonchev–Trinajstić information content (AvgIpc) is 2.96. The largest absolute Gasteiger partial charge is 0.377 e. The maximum absolute atomic E-state index is 12.2. The van der Waals surface area contributed by atoms with Crippen molar-refractivity contribution in [2.45, 2.75) is 31.5 Å². The van der Waals surface area contributed by atoms with E-state index in [1.165, 1.54) is 12.8 Å². The van der Waals surface area contributed by atoms with Crippen molar-refractivity contribution in [2.75, 3.05) is 59.0 Å². The molecule has 1 unspecified atom stereocenters. The van der Waals surface area contributed by atoms with Crippen molar-refractivity contribution in [2.24, 2.45) is 0 Å². The quantitative estimate of drug-likeness (QED) is 0.754. The molecule has 0 aromatic carbocycles. The van der Waals surface area contributed by atoms with Gasteiger partial charge in [-0.1, -0.05) is 0 Å². The van der Waals surface area contributed by atoms with Gasteiger partial charge < -0.3 is 19.7 Å². The fourth-order valence-corrected chi connectivity index (χ4v) is 3.16. The molecule has 0 aromatic heterocycles. The molecule has 3 saturated heterocycles. The summed E-state index contributed by atoms with van der Waals surface area (Å²) in [5.41, 5.74) is -0.142. The molecule has 21 heavy (non-hydrogen) atoms. The first-order valence-electron chi connectivity index (χ1n) is 8.11. The third-order valence-electron chi connectivity index (χ3n) is 4.75. The zero-order valence-electron chi connectivity index (χ0n) is 13.0. The highest BCUT2D eigenvalue weighted by Gasteiger charge is 2.34. The lowest BCUT2D eigenvalue weighted by atomic mass is 10.0. The highest BCUT2D eigenvalue weighted by atomic mass is 16.5. The van der Waals surface area contributed by atoms with Crippen molar-refractivity contribution in [1.82, 2.24) is 15.1 Å². The Kier molecular flexibility index (Phi) is 4.78. The number of amides is 1. The summed E-state index contributed by atoms with van der Waals surface area (Å²) in [4.78, 5) is 16.5. The van der Waals surface area contributed by atoms with Crippen LogP contribution in [0.1, 0.15) is 19.8 Å². The van der Waals surface area contributed by atoms with E-state index in [2.05, 4.69) is 17.1 Å². The third-order valence-corrected chi connectivity index (χ3v) is 4.75. The monoisotopic (exact) mass is 297 g/mol. The Balaban J connectivity index is 1.35. The molecule has 0 radical (unpaired) electrons. The van der Waals surface area contributed by atoms with E-state index in [0.717, 1.165) is 52.4 Å². The zero-order chi connectivity index (χ0) is 14.7. The second-order valence-electron chi connectivity index (χ2n) is 6.66. The minimum atomic E-state index is -0.142. The Labute approximate surface area is 126 Å². The molecule has 3 heterocycles. The SMILES string of the molecule is CC1(OCC(=O)N2CCN(CC3CCCO3)CC2)CNC1. The van der Waals surface area contributed by atoms with Crippen LogP contribution in [-0.2, 0) is 14.3 Å². The number of piperazine rings is 1. The van der Waals surface area contributed by atoms with Gasteiger partial charge in [0, 0.05) is 52.4 Å². The summed E-state index contributed by atoms with van der Waals surface area (Å²) in [7, 11) is 0. The number of nitrogens with one attached hydrogen (secondary N) is 1. The topological polar surface area (TPSA) is 54.0 Å². The summed E-state index contributed by atoms with van der Waals surface area (Å²) < 4.78 is 11.4. The summed E-state index contributed by atoms with van der Waals surface area (Å²) in [5, 5.41) is 3.18. The number of ether oxygens (including phenoxy) is 2. The number of hydrogen-bond acceptors (Lipinski definition) is 5. The molecule has 120 valence electrons. The van der Waals surface area contributed by atoms with Crippen LogP contribution in [0.4, 0.5) is 0 Å². The predicted molar refractivity (Wildman–Crippen MR) is 79.2 cm³/mol. The van der Waals surface area contributed by atoms with Gasteiger partial charge in [-0.15, -0.1) is 0 Å². The molecule has 1 amide bonds. The first-order valence-corrected chi connectivity index (χ1v) is 8.11. The molecule has 0 spiro atoms. The molecule has 0 bridgehead atoms. The molecular weight excluding hydrogens is 270 g/mol. The van der Waals surface area contributed by atoms with E-state index in [-0.39, 0.29) is 18.1 Å². The molecule has 3 rings (SSSR count). The van der Waals surface area contributed by atoms with Gasteiger partial charge in [0.2, 0.25) is 5.91 Å². The van der Waals surface area contributed by atoms with E-state index in [9.17, 15) is 4.79 Å². The van der Waals surface area contributed by atoms with E-state index in [1.807, 2.05) is 4.90 Å². The second-order valence-corrected chi connectivity index (χ2v) is 6.66. The molecule has 6 heteroatoms. The van der Waals surface area contributed by atoms with E-state index >= 15 is 0 Å². The zero-order valence-corrected chi connectivity index (χ0v) is 13.0. The molecule has 1 atom stereocenters. The summed E-state index contributed by atoms with van der Waals surface area (Å²) in [6.45, 7) is 9.39. The minimum Gasteiger partial charge on any atom is -0.377 e. The van der Waals surface area contributed by atoms with Gasteiger partial charge in [-0.3, -0.25) is 9.69 Å². The van der Waals surface area contributed by atoms with Crippen molar-refractivity contribution in [3.8, 4) is 0 Å². The molecule has 0 aliphatic carbocycles. The van der Waals surface area contributed by atoms with Gasteiger partial charge in [-0.25, -0.2) is 0 Å². The Morgan fingerprint density at radius 1 is 1.33 bits per heavy atom. The molecule has 1 N–H and O–H groups in total. The number of rotatable bonds is 5. The summed E-state index contributed by atoms with van der Waals surface area (Å²) >= 11 is 0. The van der Waals surface area contributed by atoms with E-state index in [1.54, 1.807) is 0 Å². The molecule has 6 nitrogen and oxygen atoms in total. The number of hydrogen-bond donors (Lipinski definition) is 1. The minimum absolute atomic E-state index is 0.125. The van der Waals surface area contributed by atoms with Crippen molar-refractivity contribution in [3.05, 3.63) is 0 Å². The van der Waals surface area contributed by atoms with Crippen LogP contribution in [0.5, 0.6) is 0 Å². The van der Waals surface area contributed by atoms with Crippen LogP contribution in [-0.4, -0.2) is 86.4 Å². The Bertz CT molecular complexity index is 359. The van der Waals surface area contributed by atoms with E-state index in [0.29, 0.717) is 6.10 Å². The van der Waals surface area contributed by atoms with Gasteiger partial charge >= 0.3 is 0 Å². The third kappa shape index (κ3) is 3.94. The van der Waals surface area contributed by atoms with Crippen molar-refractivity contribution >= 4 is 5.91 Å². The average molecular weight is 297 g/mol. The summed E-state index contributed by atoms with van der Waals surface area (Å²) in [6.07, 6.45) is 2.77. The van der Waals surface area contributed by atoms with Gasteiger partial charge in [0.15, 0.2) is 0 Å². The molecule has 0 saturated carbocycles. The number of nitrogens with zero attached hydrogens (tertiary/aromatic N) is 2. The van der Waals surface area contributed by atoms with Crippen LogP contribution < -0.4 is 5.32 Å². The fourth-order valence-electron chi connectivity index (χ4n) is 3.16. The second kappa shape index (κ2) is 6.60. The van der Waals surface area contributed by atoms with Crippen molar-refractivity contribution in [1.29, 1.82) is 0 Å². The number of carbonyl (C=O) groups excluding carboxylic acids is 1. The Morgan fingerprint density at radius 3 is 2.67 bits per heavy atom. The lowest BCUT2D eigenvalue weighted by Crippen LogP contribution is -2.60. The Hall–Kier alpha value is -0.690. The molecule has 0 aromatic rings. The van der Waals surface area contributed by atoms with E-state index < -0.39 is 0 Å². The maximum Gasteiger partial charge on any atom is 0.248 e. The molecule has 3 fully saturated rings. The smallest absolute Gasteiger partial charge is 0.248 e. The van der Waals surface area contributed by atoms with Crippen LogP contribution in [0.2, 0.25) is 0 Å². The van der Waals surface area contributed by atoms with Gasteiger partial charge in [0.1, 0.15) is 6.61 Å². The highest BCUT2D eigenvalue weighted by Crippen LogP contribution is 2.16. The van der Waals surface area contributed by atoms with Crippen molar-refractivity contribution in [3.63, 3.8) is 0 Å². The molecule has 3 aliphatic heterocycles. The van der Waals surface area contributed by atoms with Crippen LogP contribution >= 0.6 is 0 Å². The molecular formula is C15H27N3O3. The lowest BCUT2D eigenvalue weighted by molar-refractivity contribution is -0.147. The van der Waals surface area contributed by atoms with Gasteiger partial charge in [-0.05, 0) is 19.8 Å². The summed E-state index contributed by atoms with van der Waals surface area (Å²) in [5.74, 6) is 0.125. The van der Waals surface area contributed by atoms with Crippen LogP contribution in [0, 0.1) is 0 Å². The van der Waals surface area contributed by atoms with Crippen LogP contribution in [0.25, 0.3) is 0 Å². The normalized spacial score (nSPS) is 29.4.